The van der Waals surface area contributed by atoms with Gasteiger partial charge in [0, 0.05) is 24.2 Å². The molecule has 2 amide bonds. The zero-order chi connectivity index (χ0) is 25.6. The minimum atomic E-state index is -0.307. The van der Waals surface area contributed by atoms with E-state index in [0.29, 0.717) is 17.9 Å². The molecule has 0 unspecified atom stereocenters. The van der Waals surface area contributed by atoms with E-state index in [2.05, 4.69) is 45.1 Å². The second-order valence-corrected chi connectivity index (χ2v) is 10.1. The van der Waals surface area contributed by atoms with Gasteiger partial charge in [0.25, 0.3) is 11.8 Å². The Labute approximate surface area is 208 Å². The number of carbonyl (C=O) groups is 2. The number of nitrogens with zero attached hydrogens (tertiary/aromatic N) is 2. The van der Waals surface area contributed by atoms with Crippen LogP contribution in [0.4, 0.5) is 0 Å². The summed E-state index contributed by atoms with van der Waals surface area (Å²) in [6, 6.07) is 17.5. The lowest BCUT2D eigenvalue weighted by atomic mass is 9.86. The number of hydrogen-bond acceptors (Lipinski definition) is 4. The maximum atomic E-state index is 13.5. The first kappa shape index (κ1) is 26.2. The van der Waals surface area contributed by atoms with Crippen LogP contribution in [-0.2, 0) is 18.5 Å². The van der Waals surface area contributed by atoms with Crippen molar-refractivity contribution >= 4 is 11.8 Å². The van der Waals surface area contributed by atoms with E-state index in [1.54, 1.807) is 6.07 Å². The molecule has 1 aromatic heterocycles. The quantitative estimate of drug-likeness (QED) is 0.409. The fraction of sp³-hybridized carbons (Fsp3) is 0.414. The number of carbonyl (C=O) groups excluding carboxylic acids is 2. The third-order valence-corrected chi connectivity index (χ3v) is 6.33. The van der Waals surface area contributed by atoms with Crippen molar-refractivity contribution in [3.8, 4) is 0 Å². The van der Waals surface area contributed by atoms with Crippen molar-refractivity contribution in [3.63, 3.8) is 0 Å². The molecule has 3 aromatic rings. The molecule has 0 fully saturated rings. The zero-order valence-corrected chi connectivity index (χ0v) is 21.7. The molecule has 35 heavy (non-hydrogen) atoms. The lowest BCUT2D eigenvalue weighted by Crippen LogP contribution is -2.39. The summed E-state index contributed by atoms with van der Waals surface area (Å²) in [7, 11) is 0. The normalized spacial score (nSPS) is 11.5. The summed E-state index contributed by atoms with van der Waals surface area (Å²) in [5.74, 6) is 0.122. The highest BCUT2D eigenvalue weighted by atomic mass is 16.5. The minimum Gasteiger partial charge on any atom is -0.359 e. The highest BCUT2D eigenvalue weighted by Gasteiger charge is 2.25. The molecule has 2 aromatic carbocycles. The molecule has 186 valence electrons. The Balaban J connectivity index is 1.72. The van der Waals surface area contributed by atoms with Gasteiger partial charge in [0.2, 0.25) is 0 Å². The summed E-state index contributed by atoms with van der Waals surface area (Å²) in [5.41, 5.74) is 4.23. The summed E-state index contributed by atoms with van der Waals surface area (Å²) >= 11 is 0. The van der Waals surface area contributed by atoms with Crippen molar-refractivity contribution in [1.29, 1.82) is 0 Å². The summed E-state index contributed by atoms with van der Waals surface area (Å²) in [5, 5.41) is 6.82. The van der Waals surface area contributed by atoms with Crippen LogP contribution in [-0.4, -0.2) is 27.9 Å². The molecule has 0 aliphatic carbocycles. The van der Waals surface area contributed by atoms with Crippen LogP contribution in [0, 0.1) is 6.92 Å². The van der Waals surface area contributed by atoms with Crippen LogP contribution in [0.15, 0.2) is 59.1 Å². The molecule has 0 bridgehead atoms. The summed E-state index contributed by atoms with van der Waals surface area (Å²) in [6.45, 7) is 13.3. The average molecular weight is 476 g/mol. The van der Waals surface area contributed by atoms with Gasteiger partial charge in [0.15, 0.2) is 11.5 Å². The van der Waals surface area contributed by atoms with Crippen LogP contribution in [0.1, 0.15) is 90.8 Å². The SMILES string of the molecule is CCC(CC)N(Cc1cc(C(=O)NCc2ccc(C)cc2)no1)C(=O)c1ccc(C(C)(C)C)cc1. The van der Waals surface area contributed by atoms with Gasteiger partial charge < -0.3 is 14.7 Å². The van der Waals surface area contributed by atoms with Crippen molar-refractivity contribution in [1.82, 2.24) is 15.4 Å². The number of aryl methyl sites for hydroxylation is 1. The van der Waals surface area contributed by atoms with E-state index in [-0.39, 0.29) is 35.5 Å². The maximum absolute atomic E-state index is 13.5. The fourth-order valence-corrected chi connectivity index (χ4v) is 4.02. The van der Waals surface area contributed by atoms with Gasteiger partial charge >= 0.3 is 0 Å². The molecule has 6 nitrogen and oxygen atoms in total. The van der Waals surface area contributed by atoms with Crippen LogP contribution in [0.25, 0.3) is 0 Å². The second-order valence-electron chi connectivity index (χ2n) is 10.1. The van der Waals surface area contributed by atoms with Gasteiger partial charge in [-0.3, -0.25) is 9.59 Å². The molecule has 1 N–H and O–H groups in total. The first-order valence-electron chi connectivity index (χ1n) is 12.3. The van der Waals surface area contributed by atoms with E-state index in [4.69, 9.17) is 4.52 Å². The van der Waals surface area contributed by atoms with Crippen LogP contribution >= 0.6 is 0 Å². The van der Waals surface area contributed by atoms with Crippen molar-refractivity contribution in [2.75, 3.05) is 0 Å². The van der Waals surface area contributed by atoms with E-state index in [1.807, 2.05) is 60.4 Å². The monoisotopic (exact) mass is 475 g/mol. The Hall–Kier alpha value is -3.41. The number of amides is 2. The largest absolute Gasteiger partial charge is 0.359 e. The predicted octanol–water partition coefficient (Wildman–Crippen LogP) is 6.04. The highest BCUT2D eigenvalue weighted by molar-refractivity contribution is 5.94. The number of aromatic nitrogens is 1. The molecule has 0 radical (unpaired) electrons. The van der Waals surface area contributed by atoms with Gasteiger partial charge in [-0.25, -0.2) is 0 Å². The molecule has 6 heteroatoms. The van der Waals surface area contributed by atoms with Gasteiger partial charge in [-0.15, -0.1) is 0 Å². The zero-order valence-electron chi connectivity index (χ0n) is 21.7. The smallest absolute Gasteiger partial charge is 0.273 e. The molecular weight excluding hydrogens is 438 g/mol. The van der Waals surface area contributed by atoms with Crippen LogP contribution in [0.2, 0.25) is 0 Å². The van der Waals surface area contributed by atoms with Crippen molar-refractivity contribution in [2.24, 2.45) is 0 Å². The average Bonchev–Trinajstić information content (AvgIpc) is 3.31. The first-order chi connectivity index (χ1) is 16.6. The third-order valence-electron chi connectivity index (χ3n) is 6.33. The second kappa shape index (κ2) is 11.3. The van der Waals surface area contributed by atoms with E-state index >= 15 is 0 Å². The molecule has 1 heterocycles. The molecule has 0 aliphatic rings. The predicted molar refractivity (Wildman–Crippen MR) is 138 cm³/mol. The fourth-order valence-electron chi connectivity index (χ4n) is 4.02. The lowest BCUT2D eigenvalue weighted by molar-refractivity contribution is 0.0627. The number of hydrogen-bond donors (Lipinski definition) is 1. The Morgan fingerprint density at radius 2 is 1.63 bits per heavy atom. The molecule has 0 saturated carbocycles. The highest BCUT2D eigenvalue weighted by Crippen LogP contribution is 2.24. The summed E-state index contributed by atoms with van der Waals surface area (Å²) in [6.07, 6.45) is 1.64. The van der Waals surface area contributed by atoms with Crippen molar-refractivity contribution in [2.45, 2.75) is 78.9 Å². The van der Waals surface area contributed by atoms with Crippen molar-refractivity contribution < 1.29 is 14.1 Å². The molecule has 0 saturated heterocycles. The molecule has 0 aliphatic heterocycles. The third kappa shape index (κ3) is 6.81. The van der Waals surface area contributed by atoms with E-state index in [0.717, 1.165) is 18.4 Å². The van der Waals surface area contributed by atoms with E-state index in [1.165, 1.54) is 11.1 Å². The van der Waals surface area contributed by atoms with Gasteiger partial charge in [0.1, 0.15) is 0 Å². The van der Waals surface area contributed by atoms with E-state index < -0.39 is 0 Å². The van der Waals surface area contributed by atoms with Crippen LogP contribution in [0.5, 0.6) is 0 Å². The molecule has 3 rings (SSSR count). The lowest BCUT2D eigenvalue weighted by Gasteiger charge is -2.30. The van der Waals surface area contributed by atoms with Gasteiger partial charge in [-0.05, 0) is 48.4 Å². The van der Waals surface area contributed by atoms with Crippen molar-refractivity contribution in [3.05, 3.63) is 88.3 Å². The number of rotatable bonds is 9. The van der Waals surface area contributed by atoms with Gasteiger partial charge in [-0.2, -0.15) is 0 Å². The Morgan fingerprint density at radius 3 is 2.20 bits per heavy atom. The van der Waals surface area contributed by atoms with Gasteiger partial charge in [-0.1, -0.05) is 81.7 Å². The molecule has 0 atom stereocenters. The van der Waals surface area contributed by atoms with Gasteiger partial charge in [0.05, 0.1) is 6.54 Å². The molecular formula is C29H37N3O3. The summed E-state index contributed by atoms with van der Waals surface area (Å²) < 4.78 is 5.47. The topological polar surface area (TPSA) is 75.4 Å². The standard InChI is InChI=1S/C29H37N3O3/c1-7-24(8-2)32(28(34)22-13-15-23(16-14-22)29(4,5)6)19-25-17-26(31-35-25)27(33)30-18-21-11-9-20(3)10-12-21/h9-17,24H,7-8,18-19H2,1-6H3,(H,30,33). The minimum absolute atomic E-state index is 0.0207. The van der Waals surface area contributed by atoms with Crippen LogP contribution < -0.4 is 5.32 Å². The Bertz CT molecular complexity index is 1120. The number of benzene rings is 2. The Morgan fingerprint density at radius 1 is 1.00 bits per heavy atom. The number of nitrogens with one attached hydrogen (secondary N) is 1. The Kier molecular flexibility index (Phi) is 8.49. The molecule has 0 spiro atoms. The van der Waals surface area contributed by atoms with Crippen LogP contribution in [0.3, 0.4) is 0 Å². The maximum Gasteiger partial charge on any atom is 0.273 e. The van der Waals surface area contributed by atoms with E-state index in [9.17, 15) is 9.59 Å². The first-order valence-corrected chi connectivity index (χ1v) is 12.3. The summed E-state index contributed by atoms with van der Waals surface area (Å²) in [4.78, 5) is 27.9.